The number of hydrogen-bond acceptors (Lipinski definition) is 1. The molecule has 1 atom stereocenters. The first-order valence-electron chi connectivity index (χ1n) is 5.27. The molecule has 0 N–H and O–H groups in total. The van der Waals surface area contributed by atoms with Crippen molar-refractivity contribution in [1.29, 1.82) is 0 Å². The van der Waals surface area contributed by atoms with Gasteiger partial charge in [0.15, 0.2) is 0 Å². The number of carbonyl (C=O) groups is 1. The third kappa shape index (κ3) is 5.63. The van der Waals surface area contributed by atoms with Crippen LogP contribution in [0, 0.1) is 11.8 Å². The summed E-state index contributed by atoms with van der Waals surface area (Å²) < 4.78 is 0. The van der Waals surface area contributed by atoms with E-state index in [0.717, 1.165) is 13.1 Å². The Balaban J connectivity index is 4.31. The van der Waals surface area contributed by atoms with Crippen LogP contribution in [0.5, 0.6) is 0 Å². The Hall–Kier alpha value is -0.0500. The van der Waals surface area contributed by atoms with Crippen LogP contribution in [0.1, 0.15) is 34.6 Å². The highest BCUT2D eigenvalue weighted by atomic mass is 79.9. The van der Waals surface area contributed by atoms with Crippen molar-refractivity contribution in [2.24, 2.45) is 11.8 Å². The maximum absolute atomic E-state index is 11.8. The fraction of sp³-hybridized carbons (Fsp3) is 0.909. The molecule has 0 aliphatic rings. The molecule has 0 aliphatic carbocycles. The van der Waals surface area contributed by atoms with Gasteiger partial charge in [0.1, 0.15) is 0 Å². The molecule has 0 saturated carbocycles. The van der Waals surface area contributed by atoms with Gasteiger partial charge in [0, 0.05) is 13.1 Å². The molecule has 0 radical (unpaired) electrons. The predicted octanol–water partition coefficient (Wildman–Crippen LogP) is 2.91. The van der Waals surface area contributed by atoms with E-state index >= 15 is 0 Å². The Bertz CT molecular complexity index is 168. The number of hydrogen-bond donors (Lipinski definition) is 0. The molecule has 3 heteroatoms. The smallest absolute Gasteiger partial charge is 0.236 e. The number of amides is 1. The molecule has 0 fully saturated rings. The van der Waals surface area contributed by atoms with E-state index in [4.69, 9.17) is 0 Å². The average molecular weight is 264 g/mol. The summed E-state index contributed by atoms with van der Waals surface area (Å²) in [5, 5.41) is 0. The highest BCUT2D eigenvalue weighted by molar-refractivity contribution is 9.10. The number of nitrogens with zero attached hydrogens (tertiary/aromatic N) is 1. The monoisotopic (exact) mass is 263 g/mol. The van der Waals surface area contributed by atoms with Crippen molar-refractivity contribution < 1.29 is 4.79 Å². The quantitative estimate of drug-likeness (QED) is 0.699. The molecule has 0 aromatic rings. The predicted molar refractivity (Wildman–Crippen MR) is 64.6 cm³/mol. The maximum Gasteiger partial charge on any atom is 0.236 e. The Morgan fingerprint density at radius 3 is 1.64 bits per heavy atom. The number of carbonyl (C=O) groups excluding carboxylic acids is 1. The minimum Gasteiger partial charge on any atom is -0.341 e. The minimum absolute atomic E-state index is 0.0694. The molecule has 1 unspecified atom stereocenters. The van der Waals surface area contributed by atoms with Crippen molar-refractivity contribution in [3.63, 3.8) is 0 Å². The SMILES string of the molecule is CC(C)CN(CC(C)C)C(=O)C(C)Br. The molecule has 0 heterocycles. The zero-order valence-corrected chi connectivity index (χ0v) is 11.5. The molecule has 0 aromatic heterocycles. The van der Waals surface area contributed by atoms with Crippen molar-refractivity contribution in [2.45, 2.75) is 39.4 Å². The highest BCUT2D eigenvalue weighted by Gasteiger charge is 2.19. The van der Waals surface area contributed by atoms with Gasteiger partial charge < -0.3 is 4.90 Å². The van der Waals surface area contributed by atoms with Gasteiger partial charge in [-0.15, -0.1) is 0 Å². The van der Waals surface area contributed by atoms with Gasteiger partial charge in [-0.1, -0.05) is 43.6 Å². The summed E-state index contributed by atoms with van der Waals surface area (Å²) in [7, 11) is 0. The van der Waals surface area contributed by atoms with Crippen LogP contribution in [0.4, 0.5) is 0 Å². The molecule has 0 aliphatic heterocycles. The second-order valence-corrected chi connectivity index (χ2v) is 6.02. The van der Waals surface area contributed by atoms with Crippen LogP contribution in [0.25, 0.3) is 0 Å². The van der Waals surface area contributed by atoms with Crippen LogP contribution < -0.4 is 0 Å². The minimum atomic E-state index is -0.0694. The first-order valence-corrected chi connectivity index (χ1v) is 6.19. The van der Waals surface area contributed by atoms with Gasteiger partial charge in [-0.25, -0.2) is 0 Å². The van der Waals surface area contributed by atoms with Gasteiger partial charge in [0.2, 0.25) is 5.91 Å². The number of halogens is 1. The molecule has 1 amide bonds. The molecule has 0 saturated heterocycles. The lowest BCUT2D eigenvalue weighted by atomic mass is 10.1. The molecule has 0 rings (SSSR count). The summed E-state index contributed by atoms with van der Waals surface area (Å²) in [6, 6.07) is 0. The van der Waals surface area contributed by atoms with Crippen LogP contribution in [-0.4, -0.2) is 28.7 Å². The van der Waals surface area contributed by atoms with E-state index in [1.54, 1.807) is 0 Å². The lowest BCUT2D eigenvalue weighted by Crippen LogP contribution is -2.40. The molecule has 2 nitrogen and oxygen atoms in total. The van der Waals surface area contributed by atoms with Gasteiger partial charge >= 0.3 is 0 Å². The summed E-state index contributed by atoms with van der Waals surface area (Å²) in [6.45, 7) is 12.1. The Morgan fingerprint density at radius 1 is 1.07 bits per heavy atom. The Kier molecular flexibility index (Phi) is 6.41. The normalized spacial score (nSPS) is 13.4. The molecule has 0 bridgehead atoms. The first kappa shape index (κ1) is 13.9. The Morgan fingerprint density at radius 2 is 1.43 bits per heavy atom. The van der Waals surface area contributed by atoms with Crippen molar-refractivity contribution in [2.75, 3.05) is 13.1 Å². The average Bonchev–Trinajstić information content (AvgIpc) is 1.99. The van der Waals surface area contributed by atoms with E-state index in [0.29, 0.717) is 11.8 Å². The third-order valence-corrected chi connectivity index (χ3v) is 2.21. The van der Waals surface area contributed by atoms with Crippen LogP contribution in [0.3, 0.4) is 0 Å². The van der Waals surface area contributed by atoms with E-state index in [1.165, 1.54) is 0 Å². The van der Waals surface area contributed by atoms with Crippen LogP contribution in [0.15, 0.2) is 0 Å². The standard InChI is InChI=1S/C11H22BrNO/c1-8(2)6-13(7-9(3)4)11(14)10(5)12/h8-10H,6-7H2,1-5H3. The summed E-state index contributed by atoms with van der Waals surface area (Å²) >= 11 is 3.33. The van der Waals surface area contributed by atoms with Gasteiger partial charge in [-0.2, -0.15) is 0 Å². The fourth-order valence-electron chi connectivity index (χ4n) is 1.39. The van der Waals surface area contributed by atoms with Crippen molar-refractivity contribution >= 4 is 21.8 Å². The second kappa shape index (κ2) is 6.44. The maximum atomic E-state index is 11.8. The van der Waals surface area contributed by atoms with Crippen LogP contribution >= 0.6 is 15.9 Å². The molecule has 84 valence electrons. The summed E-state index contributed by atoms with van der Waals surface area (Å²) in [5.74, 6) is 1.26. The van der Waals surface area contributed by atoms with E-state index in [2.05, 4.69) is 43.6 Å². The van der Waals surface area contributed by atoms with Gasteiger partial charge in [-0.05, 0) is 18.8 Å². The molecule has 14 heavy (non-hydrogen) atoms. The zero-order chi connectivity index (χ0) is 11.3. The van der Waals surface area contributed by atoms with Crippen LogP contribution in [0.2, 0.25) is 0 Å². The van der Waals surface area contributed by atoms with Crippen molar-refractivity contribution in [1.82, 2.24) is 4.90 Å². The largest absolute Gasteiger partial charge is 0.341 e. The van der Waals surface area contributed by atoms with Crippen molar-refractivity contribution in [3.05, 3.63) is 0 Å². The highest BCUT2D eigenvalue weighted by Crippen LogP contribution is 2.09. The topological polar surface area (TPSA) is 20.3 Å². The van der Waals surface area contributed by atoms with Crippen molar-refractivity contribution in [3.8, 4) is 0 Å². The van der Waals surface area contributed by atoms with E-state index in [-0.39, 0.29) is 10.7 Å². The van der Waals surface area contributed by atoms with Gasteiger partial charge in [0.25, 0.3) is 0 Å². The molecular weight excluding hydrogens is 242 g/mol. The second-order valence-electron chi connectivity index (χ2n) is 4.65. The van der Waals surface area contributed by atoms with Gasteiger partial charge in [0.05, 0.1) is 4.83 Å². The van der Waals surface area contributed by atoms with Crippen LogP contribution in [-0.2, 0) is 4.79 Å². The van der Waals surface area contributed by atoms with E-state index in [1.807, 2.05) is 11.8 Å². The fourth-order valence-corrected chi connectivity index (χ4v) is 1.68. The number of rotatable bonds is 5. The van der Waals surface area contributed by atoms with E-state index < -0.39 is 0 Å². The Labute approximate surface area is 96.2 Å². The van der Waals surface area contributed by atoms with Gasteiger partial charge in [-0.3, -0.25) is 4.79 Å². The third-order valence-electron chi connectivity index (χ3n) is 1.82. The molecular formula is C11H22BrNO. The van der Waals surface area contributed by atoms with E-state index in [9.17, 15) is 4.79 Å². The summed E-state index contributed by atoms with van der Waals surface area (Å²) in [5.41, 5.74) is 0. The molecule has 0 spiro atoms. The number of alkyl halides is 1. The first-order chi connectivity index (χ1) is 6.34. The lowest BCUT2D eigenvalue weighted by molar-refractivity contribution is -0.131. The lowest BCUT2D eigenvalue weighted by Gasteiger charge is -2.27. The molecule has 0 aromatic carbocycles. The summed E-state index contributed by atoms with van der Waals surface area (Å²) in [4.78, 5) is 13.7. The zero-order valence-electron chi connectivity index (χ0n) is 9.88. The summed E-state index contributed by atoms with van der Waals surface area (Å²) in [6.07, 6.45) is 0.